The molecule has 0 radical (unpaired) electrons. The van der Waals surface area contributed by atoms with Gasteiger partial charge >= 0.3 is 0 Å². The van der Waals surface area contributed by atoms with Crippen LogP contribution in [0.5, 0.6) is 0 Å². The number of rotatable bonds is 6. The lowest BCUT2D eigenvalue weighted by atomic mass is 10.2. The molecule has 0 spiro atoms. The Labute approximate surface area is 121 Å². The molecule has 1 aromatic heterocycles. The molecule has 20 heavy (non-hydrogen) atoms. The number of anilines is 2. The molecule has 0 aliphatic carbocycles. The highest BCUT2D eigenvalue weighted by atomic mass is 15.3. The van der Waals surface area contributed by atoms with E-state index in [-0.39, 0.29) is 0 Å². The Balaban J connectivity index is 1.93. The first-order valence-corrected chi connectivity index (χ1v) is 7.15. The molecule has 0 aliphatic heterocycles. The molecule has 1 atom stereocenters. The molecule has 0 aliphatic rings. The molecule has 2 aromatic rings. The fourth-order valence-electron chi connectivity index (χ4n) is 1.97. The van der Waals surface area contributed by atoms with Gasteiger partial charge in [-0.25, -0.2) is 0 Å². The lowest BCUT2D eigenvalue weighted by molar-refractivity contribution is 0.479. The van der Waals surface area contributed by atoms with Crippen molar-refractivity contribution in [3.8, 4) is 0 Å². The maximum Gasteiger partial charge on any atom is 0.148 e. The predicted octanol–water partition coefficient (Wildman–Crippen LogP) is 3.53. The molecule has 1 heterocycles. The van der Waals surface area contributed by atoms with Crippen LogP contribution in [0, 0.1) is 0 Å². The summed E-state index contributed by atoms with van der Waals surface area (Å²) in [6.07, 6.45) is 3.12. The zero-order chi connectivity index (χ0) is 14.5. The first kappa shape index (κ1) is 14.4. The van der Waals surface area contributed by atoms with Gasteiger partial charge in [-0.2, -0.15) is 5.10 Å². The van der Waals surface area contributed by atoms with Crippen molar-refractivity contribution in [1.82, 2.24) is 9.78 Å². The molecular formula is C16H24N4. The molecule has 0 fully saturated rings. The third kappa shape index (κ3) is 3.53. The summed E-state index contributed by atoms with van der Waals surface area (Å²) in [5, 5.41) is 7.90. The van der Waals surface area contributed by atoms with Crippen LogP contribution in [0.15, 0.2) is 36.5 Å². The Kier molecular flexibility index (Phi) is 4.66. The van der Waals surface area contributed by atoms with E-state index in [1.165, 1.54) is 11.3 Å². The van der Waals surface area contributed by atoms with E-state index in [0.29, 0.717) is 6.04 Å². The summed E-state index contributed by atoms with van der Waals surface area (Å²) in [6.45, 7) is 5.15. The second-order valence-electron chi connectivity index (χ2n) is 5.35. The minimum atomic E-state index is 0.449. The van der Waals surface area contributed by atoms with Gasteiger partial charge in [-0.3, -0.25) is 4.68 Å². The van der Waals surface area contributed by atoms with Gasteiger partial charge in [0, 0.05) is 44.6 Å². The summed E-state index contributed by atoms with van der Waals surface area (Å²) in [5.74, 6) is 0.932. The van der Waals surface area contributed by atoms with Crippen molar-refractivity contribution in [3.63, 3.8) is 0 Å². The lowest BCUT2D eigenvalue weighted by Crippen LogP contribution is -2.09. The molecular weight excluding hydrogens is 248 g/mol. The van der Waals surface area contributed by atoms with Crippen LogP contribution in [0.25, 0.3) is 0 Å². The monoisotopic (exact) mass is 272 g/mol. The van der Waals surface area contributed by atoms with Gasteiger partial charge in [-0.1, -0.05) is 19.1 Å². The van der Waals surface area contributed by atoms with Crippen molar-refractivity contribution in [2.45, 2.75) is 32.9 Å². The number of nitrogens with zero attached hydrogens (tertiary/aromatic N) is 3. The second kappa shape index (κ2) is 6.46. The topological polar surface area (TPSA) is 33.1 Å². The van der Waals surface area contributed by atoms with Gasteiger partial charge in [0.05, 0.1) is 0 Å². The minimum absolute atomic E-state index is 0.449. The highest BCUT2D eigenvalue weighted by Gasteiger charge is 2.04. The quantitative estimate of drug-likeness (QED) is 0.873. The van der Waals surface area contributed by atoms with E-state index in [9.17, 15) is 0 Å². The van der Waals surface area contributed by atoms with Crippen LogP contribution >= 0.6 is 0 Å². The number of nitrogens with one attached hydrogen (secondary N) is 1. The van der Waals surface area contributed by atoms with Crippen molar-refractivity contribution in [2.24, 2.45) is 0 Å². The predicted molar refractivity (Wildman–Crippen MR) is 85.3 cm³/mol. The molecule has 4 heteroatoms. The number of hydrogen-bond donors (Lipinski definition) is 1. The van der Waals surface area contributed by atoms with E-state index in [2.05, 4.69) is 67.5 Å². The zero-order valence-corrected chi connectivity index (χ0v) is 12.8. The highest BCUT2D eigenvalue weighted by Crippen LogP contribution is 2.15. The third-order valence-electron chi connectivity index (χ3n) is 3.58. The Morgan fingerprint density at radius 2 is 1.90 bits per heavy atom. The molecule has 0 saturated carbocycles. The standard InChI is InChI=1S/C16H24N4/c1-5-13(2)20-11-10-16(18-20)17-12-14-6-8-15(9-7-14)19(3)4/h6-11,13H,5,12H2,1-4H3,(H,17,18). The fourth-order valence-corrected chi connectivity index (χ4v) is 1.97. The second-order valence-corrected chi connectivity index (χ2v) is 5.35. The van der Waals surface area contributed by atoms with Gasteiger partial charge in [-0.05, 0) is 31.0 Å². The van der Waals surface area contributed by atoms with Crippen LogP contribution in [0.1, 0.15) is 31.9 Å². The molecule has 1 aromatic carbocycles. The van der Waals surface area contributed by atoms with Crippen molar-refractivity contribution in [3.05, 3.63) is 42.1 Å². The molecule has 4 nitrogen and oxygen atoms in total. The Morgan fingerprint density at radius 1 is 1.20 bits per heavy atom. The largest absolute Gasteiger partial charge is 0.378 e. The van der Waals surface area contributed by atoms with Gasteiger partial charge in [0.2, 0.25) is 0 Å². The van der Waals surface area contributed by atoms with Crippen LogP contribution in [0.3, 0.4) is 0 Å². The summed E-state index contributed by atoms with van der Waals surface area (Å²) in [6, 6.07) is 11.0. The van der Waals surface area contributed by atoms with Gasteiger partial charge in [0.25, 0.3) is 0 Å². The third-order valence-corrected chi connectivity index (χ3v) is 3.58. The van der Waals surface area contributed by atoms with Gasteiger partial charge in [0.1, 0.15) is 5.82 Å². The van der Waals surface area contributed by atoms with Crippen LogP contribution < -0.4 is 10.2 Å². The van der Waals surface area contributed by atoms with Crippen molar-refractivity contribution < 1.29 is 0 Å². The lowest BCUT2D eigenvalue weighted by Gasteiger charge is -2.13. The Hall–Kier alpha value is -1.97. The maximum absolute atomic E-state index is 4.54. The average Bonchev–Trinajstić information content (AvgIpc) is 2.93. The van der Waals surface area contributed by atoms with Crippen molar-refractivity contribution in [2.75, 3.05) is 24.3 Å². The summed E-state index contributed by atoms with van der Waals surface area (Å²) >= 11 is 0. The first-order valence-electron chi connectivity index (χ1n) is 7.15. The van der Waals surface area contributed by atoms with E-state index in [1.807, 2.05) is 16.9 Å². The van der Waals surface area contributed by atoms with E-state index in [1.54, 1.807) is 0 Å². The maximum atomic E-state index is 4.54. The summed E-state index contributed by atoms with van der Waals surface area (Å²) in [4.78, 5) is 2.10. The molecule has 0 bridgehead atoms. The van der Waals surface area contributed by atoms with E-state index < -0.39 is 0 Å². The molecule has 1 unspecified atom stereocenters. The van der Waals surface area contributed by atoms with Crippen molar-refractivity contribution >= 4 is 11.5 Å². The number of hydrogen-bond acceptors (Lipinski definition) is 3. The van der Waals surface area contributed by atoms with Crippen LogP contribution in [-0.4, -0.2) is 23.9 Å². The zero-order valence-electron chi connectivity index (χ0n) is 12.8. The fraction of sp³-hybridized carbons (Fsp3) is 0.438. The van der Waals surface area contributed by atoms with Crippen LogP contribution in [-0.2, 0) is 6.54 Å². The van der Waals surface area contributed by atoms with Crippen LogP contribution in [0.4, 0.5) is 11.5 Å². The Morgan fingerprint density at radius 3 is 2.50 bits per heavy atom. The number of aromatic nitrogens is 2. The first-order chi connectivity index (χ1) is 9.60. The SMILES string of the molecule is CCC(C)n1ccc(NCc2ccc(N(C)C)cc2)n1. The number of benzene rings is 1. The highest BCUT2D eigenvalue weighted by molar-refractivity contribution is 5.46. The van der Waals surface area contributed by atoms with Gasteiger partial charge < -0.3 is 10.2 Å². The van der Waals surface area contributed by atoms with E-state index in [0.717, 1.165) is 18.8 Å². The van der Waals surface area contributed by atoms with Gasteiger partial charge in [-0.15, -0.1) is 0 Å². The summed E-state index contributed by atoms with van der Waals surface area (Å²) < 4.78 is 2.01. The Bertz CT molecular complexity index is 528. The molecule has 1 N–H and O–H groups in total. The summed E-state index contributed by atoms with van der Waals surface area (Å²) in [7, 11) is 4.10. The molecule has 2 rings (SSSR count). The minimum Gasteiger partial charge on any atom is -0.378 e. The molecule has 108 valence electrons. The van der Waals surface area contributed by atoms with E-state index >= 15 is 0 Å². The van der Waals surface area contributed by atoms with Crippen molar-refractivity contribution in [1.29, 1.82) is 0 Å². The smallest absolute Gasteiger partial charge is 0.148 e. The van der Waals surface area contributed by atoms with Gasteiger partial charge in [0.15, 0.2) is 0 Å². The molecule has 0 amide bonds. The average molecular weight is 272 g/mol. The molecule has 0 saturated heterocycles. The van der Waals surface area contributed by atoms with Crippen LogP contribution in [0.2, 0.25) is 0 Å². The normalized spacial score (nSPS) is 12.2. The van der Waals surface area contributed by atoms with E-state index in [4.69, 9.17) is 0 Å². The summed E-state index contributed by atoms with van der Waals surface area (Å²) in [5.41, 5.74) is 2.48.